The summed E-state index contributed by atoms with van der Waals surface area (Å²) in [7, 11) is 0. The third-order valence-corrected chi connectivity index (χ3v) is 2.86. The van der Waals surface area contributed by atoms with E-state index in [4.69, 9.17) is 5.11 Å². The standard InChI is InChI=1S/C11H20N2O3/c1-3-9(6-8-4-5-8)13-11(16)12-7(2)10(14)15/h7-9H,3-6H2,1-2H3,(H,14,15)(H2,12,13,16). The number of carboxylic acid groups (broad SMARTS) is 1. The molecule has 1 fully saturated rings. The predicted octanol–water partition coefficient (Wildman–Crippen LogP) is 1.34. The van der Waals surface area contributed by atoms with E-state index in [0.717, 1.165) is 18.8 Å². The van der Waals surface area contributed by atoms with E-state index >= 15 is 0 Å². The van der Waals surface area contributed by atoms with Crippen LogP contribution >= 0.6 is 0 Å². The quantitative estimate of drug-likeness (QED) is 0.642. The van der Waals surface area contributed by atoms with Crippen molar-refractivity contribution in [2.45, 2.75) is 51.6 Å². The van der Waals surface area contributed by atoms with Gasteiger partial charge in [-0.1, -0.05) is 19.8 Å². The fourth-order valence-corrected chi connectivity index (χ4v) is 1.57. The average Bonchev–Trinajstić information content (AvgIpc) is 3.00. The minimum absolute atomic E-state index is 0.161. The number of aliphatic carboxylic acids is 1. The van der Waals surface area contributed by atoms with Crippen molar-refractivity contribution in [1.82, 2.24) is 10.6 Å². The lowest BCUT2D eigenvalue weighted by atomic mass is 10.1. The minimum Gasteiger partial charge on any atom is -0.480 e. The fourth-order valence-electron chi connectivity index (χ4n) is 1.57. The summed E-state index contributed by atoms with van der Waals surface area (Å²) in [5.74, 6) is -0.271. The molecule has 2 amide bonds. The molecule has 16 heavy (non-hydrogen) atoms. The highest BCUT2D eigenvalue weighted by Gasteiger charge is 2.25. The van der Waals surface area contributed by atoms with E-state index in [1.54, 1.807) is 0 Å². The largest absolute Gasteiger partial charge is 0.480 e. The summed E-state index contributed by atoms with van der Waals surface area (Å²) in [5.41, 5.74) is 0. The van der Waals surface area contributed by atoms with E-state index in [0.29, 0.717) is 0 Å². The molecule has 1 aliphatic carbocycles. The van der Waals surface area contributed by atoms with E-state index in [-0.39, 0.29) is 12.1 Å². The number of carboxylic acids is 1. The second kappa shape index (κ2) is 5.72. The average molecular weight is 228 g/mol. The summed E-state index contributed by atoms with van der Waals surface area (Å²) in [5, 5.41) is 13.8. The van der Waals surface area contributed by atoms with Crippen molar-refractivity contribution >= 4 is 12.0 Å². The van der Waals surface area contributed by atoms with Gasteiger partial charge in [0.1, 0.15) is 6.04 Å². The maximum atomic E-state index is 11.4. The first-order valence-corrected chi connectivity index (χ1v) is 5.82. The van der Waals surface area contributed by atoms with Gasteiger partial charge < -0.3 is 15.7 Å². The van der Waals surface area contributed by atoms with E-state index in [1.165, 1.54) is 19.8 Å². The molecule has 0 aromatic rings. The molecule has 3 N–H and O–H groups in total. The molecule has 2 atom stereocenters. The monoisotopic (exact) mass is 228 g/mol. The second-order valence-corrected chi connectivity index (χ2v) is 4.46. The molecular weight excluding hydrogens is 208 g/mol. The highest BCUT2D eigenvalue weighted by molar-refractivity contribution is 5.82. The van der Waals surface area contributed by atoms with Gasteiger partial charge in [-0.15, -0.1) is 0 Å². The predicted molar refractivity (Wildman–Crippen MR) is 60.2 cm³/mol. The molecule has 5 heteroatoms. The molecule has 0 spiro atoms. The van der Waals surface area contributed by atoms with Gasteiger partial charge in [-0.25, -0.2) is 4.79 Å². The van der Waals surface area contributed by atoms with Gasteiger partial charge in [0.25, 0.3) is 0 Å². The Bertz CT molecular complexity index is 264. The van der Waals surface area contributed by atoms with Crippen molar-refractivity contribution in [2.24, 2.45) is 5.92 Å². The van der Waals surface area contributed by atoms with E-state index in [2.05, 4.69) is 10.6 Å². The number of carbonyl (C=O) groups is 2. The Balaban J connectivity index is 2.27. The van der Waals surface area contributed by atoms with E-state index in [9.17, 15) is 9.59 Å². The zero-order valence-corrected chi connectivity index (χ0v) is 9.82. The van der Waals surface area contributed by atoms with Gasteiger partial charge in [-0.05, 0) is 25.7 Å². The Labute approximate surface area is 95.6 Å². The zero-order valence-electron chi connectivity index (χ0n) is 9.82. The lowest BCUT2D eigenvalue weighted by molar-refractivity contribution is -0.138. The van der Waals surface area contributed by atoms with Crippen molar-refractivity contribution in [1.29, 1.82) is 0 Å². The smallest absolute Gasteiger partial charge is 0.325 e. The summed E-state index contributed by atoms with van der Waals surface area (Å²) in [6.07, 6.45) is 4.40. The summed E-state index contributed by atoms with van der Waals surface area (Å²) in [4.78, 5) is 22.0. The molecule has 5 nitrogen and oxygen atoms in total. The fraction of sp³-hybridized carbons (Fsp3) is 0.818. The van der Waals surface area contributed by atoms with Crippen molar-refractivity contribution in [3.8, 4) is 0 Å². The number of carbonyl (C=O) groups excluding carboxylic acids is 1. The molecule has 1 aliphatic rings. The van der Waals surface area contributed by atoms with Crippen LogP contribution in [0.15, 0.2) is 0 Å². The third kappa shape index (κ3) is 4.51. The van der Waals surface area contributed by atoms with Crippen LogP contribution in [0.1, 0.15) is 39.5 Å². The van der Waals surface area contributed by atoms with Crippen LogP contribution in [0.3, 0.4) is 0 Å². The molecule has 0 bridgehead atoms. The molecule has 0 heterocycles. The maximum Gasteiger partial charge on any atom is 0.325 e. The molecule has 92 valence electrons. The van der Waals surface area contributed by atoms with Gasteiger partial charge in [-0.3, -0.25) is 4.79 Å². The second-order valence-electron chi connectivity index (χ2n) is 4.46. The molecule has 0 aliphatic heterocycles. The van der Waals surface area contributed by atoms with Crippen LogP contribution in [0.4, 0.5) is 4.79 Å². The summed E-state index contributed by atoms with van der Waals surface area (Å²) >= 11 is 0. The van der Waals surface area contributed by atoms with Gasteiger partial charge in [0.2, 0.25) is 0 Å². The summed E-state index contributed by atoms with van der Waals surface area (Å²) in [6.45, 7) is 3.47. The van der Waals surface area contributed by atoms with Crippen LogP contribution in [-0.4, -0.2) is 29.2 Å². The van der Waals surface area contributed by atoms with Gasteiger partial charge in [0.15, 0.2) is 0 Å². The van der Waals surface area contributed by atoms with Crippen LogP contribution in [0.2, 0.25) is 0 Å². The third-order valence-electron chi connectivity index (χ3n) is 2.86. The highest BCUT2D eigenvalue weighted by atomic mass is 16.4. The summed E-state index contributed by atoms with van der Waals surface area (Å²) < 4.78 is 0. The van der Waals surface area contributed by atoms with Gasteiger partial charge in [0, 0.05) is 6.04 Å². The molecule has 1 rings (SSSR count). The van der Waals surface area contributed by atoms with Gasteiger partial charge in [-0.2, -0.15) is 0 Å². The Morgan fingerprint density at radius 3 is 2.44 bits per heavy atom. The molecule has 0 radical (unpaired) electrons. The SMILES string of the molecule is CCC(CC1CC1)NC(=O)NC(C)C(=O)O. The van der Waals surface area contributed by atoms with Gasteiger partial charge in [0.05, 0.1) is 0 Å². The van der Waals surface area contributed by atoms with Crippen LogP contribution in [0.25, 0.3) is 0 Å². The zero-order chi connectivity index (χ0) is 12.1. The molecule has 0 aromatic heterocycles. The number of nitrogens with one attached hydrogen (secondary N) is 2. The highest BCUT2D eigenvalue weighted by Crippen LogP contribution is 2.33. The van der Waals surface area contributed by atoms with Crippen LogP contribution in [0, 0.1) is 5.92 Å². The number of hydrogen-bond acceptors (Lipinski definition) is 2. The number of rotatable bonds is 6. The van der Waals surface area contributed by atoms with Crippen molar-refractivity contribution in [2.75, 3.05) is 0 Å². The van der Waals surface area contributed by atoms with Crippen LogP contribution in [-0.2, 0) is 4.79 Å². The lowest BCUT2D eigenvalue weighted by Crippen LogP contribution is -2.47. The van der Waals surface area contributed by atoms with Gasteiger partial charge >= 0.3 is 12.0 Å². The first kappa shape index (κ1) is 12.8. The number of hydrogen-bond donors (Lipinski definition) is 3. The Morgan fingerprint density at radius 2 is 2.00 bits per heavy atom. The van der Waals surface area contributed by atoms with Crippen molar-refractivity contribution < 1.29 is 14.7 Å². The lowest BCUT2D eigenvalue weighted by Gasteiger charge is -2.18. The molecule has 1 saturated carbocycles. The van der Waals surface area contributed by atoms with E-state index < -0.39 is 12.0 Å². The first-order chi connectivity index (χ1) is 7.52. The van der Waals surface area contributed by atoms with Crippen LogP contribution < -0.4 is 10.6 Å². The molecule has 2 unspecified atom stereocenters. The van der Waals surface area contributed by atoms with E-state index in [1.807, 2.05) is 6.92 Å². The topological polar surface area (TPSA) is 78.4 Å². The summed E-state index contributed by atoms with van der Waals surface area (Å²) in [6, 6.07) is -1.07. The minimum atomic E-state index is -1.02. The normalized spacial score (nSPS) is 18.6. The molecular formula is C11H20N2O3. The van der Waals surface area contributed by atoms with Crippen molar-refractivity contribution in [3.05, 3.63) is 0 Å². The molecule has 0 saturated heterocycles. The van der Waals surface area contributed by atoms with Crippen molar-refractivity contribution in [3.63, 3.8) is 0 Å². The number of amides is 2. The molecule has 0 aromatic carbocycles. The number of urea groups is 1. The Kier molecular flexibility index (Phi) is 4.58. The van der Waals surface area contributed by atoms with Crippen LogP contribution in [0.5, 0.6) is 0 Å². The Morgan fingerprint density at radius 1 is 1.38 bits per heavy atom. The Hall–Kier alpha value is -1.26. The first-order valence-electron chi connectivity index (χ1n) is 5.82. The maximum absolute atomic E-state index is 11.4.